The van der Waals surface area contributed by atoms with Gasteiger partial charge in [-0.15, -0.1) is 0 Å². The summed E-state index contributed by atoms with van der Waals surface area (Å²) in [4.78, 5) is 25.4. The second-order valence-corrected chi connectivity index (χ2v) is 13.1. The van der Waals surface area contributed by atoms with E-state index in [-0.39, 0.29) is 12.8 Å². The summed E-state index contributed by atoms with van der Waals surface area (Å²) in [7, 11) is 0. The zero-order chi connectivity index (χ0) is 33.5. The molecule has 7 aromatic rings. The molecule has 1 aliphatic heterocycles. The monoisotopic (exact) mass is 662 g/mol. The van der Waals surface area contributed by atoms with Crippen LogP contribution in [-0.2, 0) is 16.1 Å². The highest BCUT2D eigenvalue weighted by Crippen LogP contribution is 2.48. The van der Waals surface area contributed by atoms with E-state index in [9.17, 15) is 19.8 Å². The first-order valence-corrected chi connectivity index (χ1v) is 17.0. The molecule has 0 saturated carbocycles. The Bertz CT molecular complexity index is 2560. The third-order valence-corrected chi connectivity index (χ3v) is 10.3. The van der Waals surface area contributed by atoms with Crippen LogP contribution in [-0.4, -0.2) is 28.7 Å². The van der Waals surface area contributed by atoms with E-state index >= 15 is 0 Å². The maximum atomic E-state index is 11.7. The number of rotatable bonds is 9. The van der Waals surface area contributed by atoms with E-state index in [1.807, 2.05) is 72.8 Å². The Morgan fingerprint density at radius 1 is 0.673 bits per heavy atom. The largest absolute Gasteiger partial charge is 0.481 e. The molecule has 1 aliphatic rings. The summed E-state index contributed by atoms with van der Waals surface area (Å²) in [6, 6.07) is 33.2. The highest BCUT2D eigenvalue weighted by atomic mass is 32.1. The average Bonchev–Trinajstić information content (AvgIpc) is 3.68. The Morgan fingerprint density at radius 3 is 1.90 bits per heavy atom. The minimum Gasteiger partial charge on any atom is -0.481 e. The molecule has 1 aromatic heterocycles. The van der Waals surface area contributed by atoms with Gasteiger partial charge < -0.3 is 20.4 Å². The predicted molar refractivity (Wildman–Crippen MR) is 200 cm³/mol. The fourth-order valence-corrected chi connectivity index (χ4v) is 8.30. The van der Waals surface area contributed by atoms with Crippen LogP contribution in [0, 0.1) is 0 Å². The number of aliphatic carboxylic acids is 2. The van der Waals surface area contributed by atoms with Crippen molar-refractivity contribution in [2.75, 3.05) is 16.8 Å². The van der Waals surface area contributed by atoms with Gasteiger partial charge in [0.1, 0.15) is 16.9 Å². The number of nitrogens with one attached hydrogen (secondary N) is 1. The van der Waals surface area contributed by atoms with Gasteiger partial charge in [0.25, 0.3) is 5.01 Å². The molecular weight excluding hydrogens is 631 g/mol. The summed E-state index contributed by atoms with van der Waals surface area (Å²) < 4.78 is 3.26. The molecule has 2 heterocycles. The average molecular weight is 663 g/mol. The number of thiazole rings is 1. The fraction of sp³-hybridized carbons (Fsp3) is 0.0976. The maximum absolute atomic E-state index is 11.7. The van der Waals surface area contributed by atoms with Crippen LogP contribution in [0.1, 0.15) is 17.8 Å². The summed E-state index contributed by atoms with van der Waals surface area (Å²) in [5.74, 6) is -0.883. The van der Waals surface area contributed by atoms with Crippen LogP contribution >= 0.6 is 11.3 Å². The van der Waals surface area contributed by atoms with Gasteiger partial charge in [0.05, 0.1) is 23.2 Å². The van der Waals surface area contributed by atoms with Crippen molar-refractivity contribution in [3.05, 3.63) is 132 Å². The summed E-state index contributed by atoms with van der Waals surface area (Å²) in [6.45, 7) is 0.675. The van der Waals surface area contributed by atoms with Crippen molar-refractivity contribution in [1.82, 2.24) is 0 Å². The van der Waals surface area contributed by atoms with E-state index in [1.165, 1.54) is 5.39 Å². The van der Waals surface area contributed by atoms with E-state index in [0.717, 1.165) is 70.1 Å². The number of aromatic nitrogens is 1. The van der Waals surface area contributed by atoms with Gasteiger partial charge >= 0.3 is 11.9 Å². The number of nitrogens with zero attached hydrogens (tertiary/aromatic N) is 2. The molecule has 0 aliphatic carbocycles. The third kappa shape index (κ3) is 5.36. The normalized spacial score (nSPS) is 14.0. The van der Waals surface area contributed by atoms with Gasteiger partial charge in [-0.2, -0.15) is 4.57 Å². The molecule has 0 spiro atoms. The molecule has 8 heteroatoms. The summed E-state index contributed by atoms with van der Waals surface area (Å²) in [5, 5.41) is 32.7. The van der Waals surface area contributed by atoms with Crippen LogP contribution in [0.5, 0.6) is 0 Å². The van der Waals surface area contributed by atoms with Crippen LogP contribution < -0.4 is 14.8 Å². The van der Waals surface area contributed by atoms with Crippen molar-refractivity contribution in [3.8, 4) is 0 Å². The Hall–Kier alpha value is -5.99. The van der Waals surface area contributed by atoms with Gasteiger partial charge in [-0.1, -0.05) is 121 Å². The minimum atomic E-state index is -0.850. The lowest BCUT2D eigenvalue weighted by atomic mass is 9.98. The van der Waals surface area contributed by atoms with Gasteiger partial charge in [-0.25, -0.2) is 0 Å². The van der Waals surface area contributed by atoms with Gasteiger partial charge in [0, 0.05) is 28.8 Å². The number of anilines is 2. The van der Waals surface area contributed by atoms with Crippen molar-refractivity contribution in [3.63, 3.8) is 0 Å². The maximum Gasteiger partial charge on any atom is 0.309 e. The van der Waals surface area contributed by atoms with Crippen molar-refractivity contribution in [2.24, 2.45) is 0 Å². The van der Waals surface area contributed by atoms with Crippen LogP contribution in [0.2, 0.25) is 0 Å². The lowest BCUT2D eigenvalue weighted by molar-refractivity contribution is -0.667. The molecule has 0 saturated heterocycles. The Balaban J connectivity index is 1.19. The molecule has 49 heavy (non-hydrogen) atoms. The van der Waals surface area contributed by atoms with Gasteiger partial charge in [0.2, 0.25) is 5.52 Å². The molecule has 3 N–H and O–H groups in total. The molecular formula is C41H32N3O4S+. The zero-order valence-corrected chi connectivity index (χ0v) is 27.3. The van der Waals surface area contributed by atoms with Gasteiger partial charge in [-0.05, 0) is 33.7 Å². The van der Waals surface area contributed by atoms with Crippen LogP contribution in [0.4, 0.5) is 11.4 Å². The molecule has 0 fully saturated rings. The first kappa shape index (κ1) is 30.4. The summed E-state index contributed by atoms with van der Waals surface area (Å²) in [5.41, 5.74) is 3.00. The highest BCUT2D eigenvalue weighted by molar-refractivity contribution is 7.20. The van der Waals surface area contributed by atoms with E-state index in [0.29, 0.717) is 13.1 Å². The Kier molecular flexibility index (Phi) is 7.78. The molecule has 6 aromatic carbocycles. The second-order valence-electron chi connectivity index (χ2n) is 12.0. The molecule has 0 radical (unpaired) electrons. The Labute approximate surface area is 285 Å². The fourth-order valence-electron chi connectivity index (χ4n) is 7.05. The molecule has 8 rings (SSSR count). The second kappa shape index (κ2) is 12.6. The number of carbonyl (C=O) groups is 2. The van der Waals surface area contributed by atoms with E-state index in [2.05, 4.69) is 69.4 Å². The Morgan fingerprint density at radius 2 is 1.22 bits per heavy atom. The number of carboxylic acid groups (broad SMARTS) is 2. The van der Waals surface area contributed by atoms with E-state index in [4.69, 9.17) is 0 Å². The van der Waals surface area contributed by atoms with Crippen LogP contribution in [0.15, 0.2) is 127 Å². The van der Waals surface area contributed by atoms with E-state index < -0.39 is 11.9 Å². The van der Waals surface area contributed by atoms with Crippen LogP contribution in [0.3, 0.4) is 0 Å². The van der Waals surface area contributed by atoms with Crippen molar-refractivity contribution in [1.29, 1.82) is 0 Å². The van der Waals surface area contributed by atoms with Gasteiger partial charge in [-0.3, -0.25) is 9.59 Å². The highest BCUT2D eigenvalue weighted by Gasteiger charge is 2.29. The van der Waals surface area contributed by atoms with Crippen molar-refractivity contribution in [2.45, 2.75) is 19.4 Å². The molecule has 0 unspecified atom stereocenters. The number of allylic oxidation sites excluding steroid dienone is 4. The van der Waals surface area contributed by atoms with Crippen molar-refractivity contribution < 1.29 is 24.4 Å². The number of carboxylic acids is 2. The third-order valence-electron chi connectivity index (χ3n) is 9.13. The molecule has 0 atom stereocenters. The molecule has 7 nitrogen and oxygen atoms in total. The smallest absolute Gasteiger partial charge is 0.309 e. The standard InChI is InChI=1S/C41H31N3O4S/c45-36(46)22-24-43-34(42-38-30-16-8-4-12-26(30)27-13-5-9-17-31(27)39(38)43)20-2-1-3-21-35-44(25-23-37(47)48)40-32-18-10-6-14-28(32)29-15-7-11-19-33(29)41(40)49-35/h1-21H,22-25H2,(H2,45,46,47,48)/p+1. The zero-order valence-electron chi connectivity index (χ0n) is 26.5. The summed E-state index contributed by atoms with van der Waals surface area (Å²) in [6.07, 6.45) is 9.88. The molecule has 0 amide bonds. The first-order valence-electron chi connectivity index (χ1n) is 16.2. The molecule has 240 valence electrons. The minimum absolute atomic E-state index is 0.00508. The SMILES string of the molecule is O=C(O)CCN1\C(=C/C=C/C=C/c2sc3c4ccccc4c4ccccc4c3[n+]2CCC(=O)O)Nc2c1c1ccccc1c1ccccc21. The molecule has 0 bridgehead atoms. The number of benzene rings is 6. The van der Waals surface area contributed by atoms with Gasteiger partial charge in [0.15, 0.2) is 6.54 Å². The lowest BCUT2D eigenvalue weighted by Crippen LogP contribution is -2.36. The summed E-state index contributed by atoms with van der Waals surface area (Å²) >= 11 is 1.66. The number of fused-ring (bicyclic) bond motifs is 12. The number of hydrogen-bond acceptors (Lipinski definition) is 5. The predicted octanol–water partition coefficient (Wildman–Crippen LogP) is 9.09. The van der Waals surface area contributed by atoms with Crippen molar-refractivity contribution >= 4 is 94.0 Å². The number of aryl methyl sites for hydroxylation is 1. The topological polar surface area (TPSA) is 93.8 Å². The quantitative estimate of drug-likeness (QED) is 0.0811. The number of hydrogen-bond donors (Lipinski definition) is 3. The lowest BCUT2D eigenvalue weighted by Gasteiger charge is -2.21. The van der Waals surface area contributed by atoms with E-state index in [1.54, 1.807) is 11.3 Å². The first-order chi connectivity index (χ1) is 24.0. The van der Waals surface area contributed by atoms with Crippen LogP contribution in [0.25, 0.3) is 59.4 Å².